The summed E-state index contributed by atoms with van der Waals surface area (Å²) in [5.41, 5.74) is 1.77. The molecule has 3 rings (SSSR count). The van der Waals surface area contributed by atoms with Gasteiger partial charge in [0, 0.05) is 25.9 Å². The van der Waals surface area contributed by atoms with Crippen molar-refractivity contribution >= 4 is 33.4 Å². The standard InChI is InChI=1S/C19H22N4O4S/c1-4-23-15(8-9-20-23)17(24)21-19-22(10-11-27-5-2)14-7-6-13(18(25)26-3)12-16(14)28-19/h6-9,12H,4-5,10-11H2,1-3H3. The van der Waals surface area contributed by atoms with Crippen molar-refractivity contribution in [2.75, 3.05) is 20.3 Å². The number of hydrogen-bond donors (Lipinski definition) is 0. The lowest BCUT2D eigenvalue weighted by Gasteiger charge is -2.06. The van der Waals surface area contributed by atoms with Crippen LogP contribution in [0.1, 0.15) is 34.7 Å². The molecule has 28 heavy (non-hydrogen) atoms. The Hall–Kier alpha value is -2.78. The summed E-state index contributed by atoms with van der Waals surface area (Å²) in [4.78, 5) is 29.4. The van der Waals surface area contributed by atoms with Crippen molar-refractivity contribution in [2.24, 2.45) is 4.99 Å². The number of aryl methyl sites for hydroxylation is 1. The van der Waals surface area contributed by atoms with E-state index in [0.29, 0.717) is 42.4 Å². The minimum absolute atomic E-state index is 0.357. The monoisotopic (exact) mass is 402 g/mol. The van der Waals surface area contributed by atoms with Gasteiger partial charge in [0.05, 0.1) is 29.5 Å². The Morgan fingerprint density at radius 2 is 2.07 bits per heavy atom. The first-order chi connectivity index (χ1) is 13.6. The third-order valence-corrected chi connectivity index (χ3v) is 5.24. The summed E-state index contributed by atoms with van der Waals surface area (Å²) in [5, 5.41) is 4.12. The molecule has 9 heteroatoms. The quantitative estimate of drug-likeness (QED) is 0.448. The molecule has 0 atom stereocenters. The fourth-order valence-corrected chi connectivity index (χ4v) is 3.92. The van der Waals surface area contributed by atoms with E-state index in [4.69, 9.17) is 9.47 Å². The Labute approximate surface area is 166 Å². The summed E-state index contributed by atoms with van der Waals surface area (Å²) < 4.78 is 14.6. The molecule has 0 aliphatic carbocycles. The number of amides is 1. The molecular formula is C19H22N4O4S. The average Bonchev–Trinajstić information content (AvgIpc) is 3.31. The summed E-state index contributed by atoms with van der Waals surface area (Å²) in [6.45, 7) is 6.08. The van der Waals surface area contributed by atoms with Crippen LogP contribution in [0.4, 0.5) is 0 Å². The molecule has 0 saturated heterocycles. The second-order valence-electron chi connectivity index (χ2n) is 5.86. The van der Waals surface area contributed by atoms with E-state index >= 15 is 0 Å². The van der Waals surface area contributed by atoms with Gasteiger partial charge >= 0.3 is 5.97 Å². The second-order valence-corrected chi connectivity index (χ2v) is 6.87. The van der Waals surface area contributed by atoms with Crippen molar-refractivity contribution in [2.45, 2.75) is 26.9 Å². The van der Waals surface area contributed by atoms with E-state index < -0.39 is 5.97 Å². The maximum Gasteiger partial charge on any atom is 0.337 e. The number of carbonyl (C=O) groups excluding carboxylic acids is 2. The molecule has 8 nitrogen and oxygen atoms in total. The van der Waals surface area contributed by atoms with Crippen molar-refractivity contribution in [3.63, 3.8) is 0 Å². The minimum Gasteiger partial charge on any atom is -0.465 e. The predicted molar refractivity (Wildman–Crippen MR) is 105 cm³/mol. The number of rotatable bonds is 7. The van der Waals surface area contributed by atoms with Gasteiger partial charge in [0.1, 0.15) is 5.69 Å². The average molecular weight is 402 g/mol. The van der Waals surface area contributed by atoms with Gasteiger partial charge in [-0.1, -0.05) is 11.3 Å². The van der Waals surface area contributed by atoms with Crippen molar-refractivity contribution < 1.29 is 19.1 Å². The van der Waals surface area contributed by atoms with Crippen LogP contribution in [0.25, 0.3) is 10.2 Å². The zero-order valence-corrected chi connectivity index (χ0v) is 16.9. The summed E-state index contributed by atoms with van der Waals surface area (Å²) in [6.07, 6.45) is 1.59. The Morgan fingerprint density at radius 1 is 1.25 bits per heavy atom. The number of nitrogens with zero attached hydrogens (tertiary/aromatic N) is 4. The molecule has 0 bridgehead atoms. The number of thiazole rings is 1. The molecule has 3 aromatic rings. The molecule has 148 valence electrons. The number of fused-ring (bicyclic) bond motifs is 1. The van der Waals surface area contributed by atoms with E-state index in [0.717, 1.165) is 10.2 Å². The van der Waals surface area contributed by atoms with Crippen LogP contribution in [0.3, 0.4) is 0 Å². The maximum atomic E-state index is 12.7. The van der Waals surface area contributed by atoms with Gasteiger partial charge in [-0.25, -0.2) is 4.79 Å². The number of benzene rings is 1. The third-order valence-electron chi connectivity index (χ3n) is 4.20. The zero-order valence-electron chi connectivity index (χ0n) is 16.0. The van der Waals surface area contributed by atoms with Crippen LogP contribution in [0.2, 0.25) is 0 Å². The molecule has 0 aliphatic heterocycles. The van der Waals surface area contributed by atoms with Crippen LogP contribution >= 0.6 is 11.3 Å². The summed E-state index contributed by atoms with van der Waals surface area (Å²) >= 11 is 1.35. The molecule has 0 spiro atoms. The molecule has 0 fully saturated rings. The van der Waals surface area contributed by atoms with Gasteiger partial charge in [0.15, 0.2) is 4.80 Å². The summed E-state index contributed by atoms with van der Waals surface area (Å²) in [7, 11) is 1.35. The first-order valence-electron chi connectivity index (χ1n) is 8.99. The minimum atomic E-state index is -0.405. The largest absolute Gasteiger partial charge is 0.465 e. The Morgan fingerprint density at radius 3 is 2.79 bits per heavy atom. The Balaban J connectivity index is 2.09. The molecule has 0 radical (unpaired) electrons. The molecule has 0 aliphatic rings. The van der Waals surface area contributed by atoms with Gasteiger partial charge in [0.2, 0.25) is 0 Å². The van der Waals surface area contributed by atoms with Crippen LogP contribution < -0.4 is 4.80 Å². The fourth-order valence-electron chi connectivity index (χ4n) is 2.83. The lowest BCUT2D eigenvalue weighted by atomic mass is 10.2. The van der Waals surface area contributed by atoms with Crippen LogP contribution in [0, 0.1) is 0 Å². The number of methoxy groups -OCH3 is 1. The topological polar surface area (TPSA) is 87.7 Å². The van der Waals surface area contributed by atoms with Crippen LogP contribution in [0.15, 0.2) is 35.5 Å². The summed E-state index contributed by atoms with van der Waals surface area (Å²) in [6, 6.07) is 6.95. The number of carbonyl (C=O) groups is 2. The molecule has 1 aromatic carbocycles. The highest BCUT2D eigenvalue weighted by Crippen LogP contribution is 2.20. The van der Waals surface area contributed by atoms with Gasteiger partial charge in [-0.2, -0.15) is 10.1 Å². The van der Waals surface area contributed by atoms with E-state index in [-0.39, 0.29) is 5.91 Å². The van der Waals surface area contributed by atoms with Crippen LogP contribution in [-0.4, -0.2) is 46.5 Å². The highest BCUT2D eigenvalue weighted by Gasteiger charge is 2.14. The number of esters is 1. The molecule has 0 N–H and O–H groups in total. The Kier molecular flexibility index (Phi) is 6.37. The number of hydrogen-bond acceptors (Lipinski definition) is 6. The van der Waals surface area contributed by atoms with Crippen LogP contribution in [0.5, 0.6) is 0 Å². The van der Waals surface area contributed by atoms with E-state index in [1.165, 1.54) is 18.4 Å². The smallest absolute Gasteiger partial charge is 0.337 e. The molecule has 0 saturated carbocycles. The van der Waals surface area contributed by atoms with E-state index in [9.17, 15) is 9.59 Å². The zero-order chi connectivity index (χ0) is 20.1. The third kappa shape index (κ3) is 4.05. The summed E-state index contributed by atoms with van der Waals surface area (Å²) in [5.74, 6) is -0.762. The highest BCUT2D eigenvalue weighted by molar-refractivity contribution is 7.16. The lowest BCUT2D eigenvalue weighted by Crippen LogP contribution is -2.20. The lowest BCUT2D eigenvalue weighted by molar-refractivity contribution is 0.0600. The molecular weight excluding hydrogens is 380 g/mol. The first-order valence-corrected chi connectivity index (χ1v) is 9.81. The Bertz CT molecular complexity index is 1060. The van der Waals surface area contributed by atoms with Crippen molar-refractivity contribution in [3.05, 3.63) is 46.5 Å². The molecule has 2 aromatic heterocycles. The van der Waals surface area contributed by atoms with Crippen molar-refractivity contribution in [1.82, 2.24) is 14.3 Å². The SMILES string of the molecule is CCOCCn1c(=NC(=O)c2ccnn2CC)sc2cc(C(=O)OC)ccc21. The second kappa shape index (κ2) is 8.94. The molecule has 0 unspecified atom stereocenters. The van der Waals surface area contributed by atoms with E-state index in [1.54, 1.807) is 29.1 Å². The predicted octanol–water partition coefficient (Wildman–Crippen LogP) is 2.48. The fraction of sp³-hybridized carbons (Fsp3) is 0.368. The number of ether oxygens (including phenoxy) is 2. The van der Waals surface area contributed by atoms with Gasteiger partial charge < -0.3 is 14.0 Å². The van der Waals surface area contributed by atoms with Gasteiger partial charge in [0.25, 0.3) is 5.91 Å². The van der Waals surface area contributed by atoms with Crippen molar-refractivity contribution in [3.8, 4) is 0 Å². The van der Waals surface area contributed by atoms with Gasteiger partial charge in [-0.3, -0.25) is 9.48 Å². The maximum absolute atomic E-state index is 12.7. The molecule has 1 amide bonds. The normalized spacial score (nSPS) is 11.9. The van der Waals surface area contributed by atoms with E-state index in [1.807, 2.05) is 24.5 Å². The van der Waals surface area contributed by atoms with Gasteiger partial charge in [-0.05, 0) is 38.1 Å². The van der Waals surface area contributed by atoms with Gasteiger partial charge in [-0.15, -0.1) is 0 Å². The van der Waals surface area contributed by atoms with Crippen molar-refractivity contribution in [1.29, 1.82) is 0 Å². The van der Waals surface area contributed by atoms with Crippen LogP contribution in [-0.2, 0) is 22.6 Å². The highest BCUT2D eigenvalue weighted by atomic mass is 32.1. The molecule has 2 heterocycles. The van der Waals surface area contributed by atoms with E-state index in [2.05, 4.69) is 10.1 Å². The first kappa shape index (κ1) is 20.0. The number of aromatic nitrogens is 3.